The van der Waals surface area contributed by atoms with Crippen LogP contribution in [0.1, 0.15) is 181 Å². The zero-order valence-corrected chi connectivity index (χ0v) is 45.2. The van der Waals surface area contributed by atoms with Crippen molar-refractivity contribution in [3.05, 3.63) is 0 Å². The SMILES string of the molecule is CC(=O)[C@@H](C)CCCCNC(=O)CC[C@H](NC(=O)CC[C@H](CC(=O)COCCOCCNC(=O)COCCOCCCC(=O)CC[C@H](NC(=O)CCCCCCCCCCCCCCC(=O)O)C(=O)O)C(=O)O)C(=O)O. The highest BCUT2D eigenvalue weighted by atomic mass is 16.5. The molecule has 436 valence electrons. The van der Waals surface area contributed by atoms with Gasteiger partial charge in [0.15, 0.2) is 5.78 Å². The number of carboxylic acid groups (broad SMARTS) is 4. The van der Waals surface area contributed by atoms with Gasteiger partial charge >= 0.3 is 23.9 Å². The molecule has 0 fully saturated rings. The van der Waals surface area contributed by atoms with Crippen molar-refractivity contribution in [3.8, 4) is 0 Å². The number of ketones is 3. The minimum absolute atomic E-state index is 0.00341. The summed E-state index contributed by atoms with van der Waals surface area (Å²) in [6.45, 7) is 4.03. The van der Waals surface area contributed by atoms with Crippen LogP contribution >= 0.6 is 0 Å². The summed E-state index contributed by atoms with van der Waals surface area (Å²) in [5.74, 6) is -8.32. The van der Waals surface area contributed by atoms with Crippen molar-refractivity contribution >= 4 is 64.9 Å². The first-order valence-electron chi connectivity index (χ1n) is 27.2. The van der Waals surface area contributed by atoms with Crippen molar-refractivity contribution in [3.63, 3.8) is 0 Å². The summed E-state index contributed by atoms with van der Waals surface area (Å²) >= 11 is 0. The predicted molar refractivity (Wildman–Crippen MR) is 277 cm³/mol. The summed E-state index contributed by atoms with van der Waals surface area (Å²) in [4.78, 5) is 131. The third-order valence-corrected chi connectivity index (χ3v) is 12.4. The molecule has 0 spiro atoms. The Balaban J connectivity index is 3.97. The molecule has 0 saturated carbocycles. The van der Waals surface area contributed by atoms with E-state index in [0.717, 1.165) is 70.6 Å². The van der Waals surface area contributed by atoms with E-state index in [1.54, 1.807) is 0 Å². The van der Waals surface area contributed by atoms with E-state index in [2.05, 4.69) is 21.3 Å². The maximum atomic E-state index is 12.5. The van der Waals surface area contributed by atoms with Crippen molar-refractivity contribution in [2.45, 2.75) is 193 Å². The van der Waals surface area contributed by atoms with Gasteiger partial charge in [0.25, 0.3) is 0 Å². The van der Waals surface area contributed by atoms with Crippen LogP contribution in [-0.4, -0.2) is 163 Å². The Morgan fingerprint density at radius 1 is 0.395 bits per heavy atom. The lowest BCUT2D eigenvalue weighted by Gasteiger charge is -2.16. The first-order valence-corrected chi connectivity index (χ1v) is 27.2. The Hall–Kier alpha value is -5.39. The molecule has 0 unspecified atom stereocenters. The molecule has 0 aromatic heterocycles. The summed E-state index contributed by atoms with van der Waals surface area (Å²) < 4.78 is 21.4. The molecule has 0 radical (unpaired) electrons. The van der Waals surface area contributed by atoms with Crippen LogP contribution in [0.5, 0.6) is 0 Å². The first-order chi connectivity index (χ1) is 36.3. The Morgan fingerprint density at radius 2 is 0.882 bits per heavy atom. The van der Waals surface area contributed by atoms with E-state index < -0.39 is 78.4 Å². The molecule has 0 heterocycles. The average molecular weight is 1090 g/mol. The molecule has 76 heavy (non-hydrogen) atoms. The highest BCUT2D eigenvalue weighted by Gasteiger charge is 2.26. The van der Waals surface area contributed by atoms with Gasteiger partial charge in [-0.2, -0.15) is 0 Å². The number of unbranched alkanes of at least 4 members (excludes halogenated alkanes) is 12. The molecule has 0 aromatic rings. The maximum absolute atomic E-state index is 12.5. The van der Waals surface area contributed by atoms with E-state index in [1.807, 2.05) is 6.92 Å². The smallest absolute Gasteiger partial charge is 0.326 e. The largest absolute Gasteiger partial charge is 0.481 e. The fourth-order valence-electron chi connectivity index (χ4n) is 7.61. The van der Waals surface area contributed by atoms with E-state index in [1.165, 1.54) is 13.3 Å². The zero-order valence-electron chi connectivity index (χ0n) is 45.2. The second kappa shape index (κ2) is 46.9. The molecule has 0 bridgehead atoms. The Labute approximate surface area is 447 Å². The predicted octanol–water partition coefficient (Wildman–Crippen LogP) is 4.72. The molecular weight excluding hydrogens is 997 g/mol. The van der Waals surface area contributed by atoms with Crippen LogP contribution in [-0.2, 0) is 71.7 Å². The number of ether oxygens (including phenoxy) is 4. The fourth-order valence-corrected chi connectivity index (χ4v) is 7.61. The molecule has 23 heteroatoms. The van der Waals surface area contributed by atoms with Crippen LogP contribution in [0.25, 0.3) is 0 Å². The number of Topliss-reactive ketones (excluding diaryl/α,β-unsaturated/α-hetero) is 3. The molecule has 4 amide bonds. The number of rotatable bonds is 54. The number of carboxylic acids is 4. The average Bonchev–Trinajstić information content (AvgIpc) is 3.36. The molecule has 4 atom stereocenters. The number of hydrogen-bond acceptors (Lipinski definition) is 15. The van der Waals surface area contributed by atoms with Crippen molar-refractivity contribution in [1.82, 2.24) is 21.3 Å². The van der Waals surface area contributed by atoms with Crippen molar-refractivity contribution in [2.75, 3.05) is 65.9 Å². The van der Waals surface area contributed by atoms with Gasteiger partial charge in [0, 0.05) is 70.6 Å². The number of hydrogen-bond donors (Lipinski definition) is 8. The molecule has 0 aliphatic carbocycles. The molecule has 0 aromatic carbocycles. The number of carbonyl (C=O) groups is 11. The first kappa shape index (κ1) is 70.6. The second-order valence-corrected chi connectivity index (χ2v) is 19.1. The Morgan fingerprint density at radius 3 is 1.43 bits per heavy atom. The normalized spacial score (nSPS) is 12.7. The van der Waals surface area contributed by atoms with Crippen LogP contribution in [0.15, 0.2) is 0 Å². The molecule has 0 rings (SSSR count). The van der Waals surface area contributed by atoms with Crippen LogP contribution in [0.2, 0.25) is 0 Å². The number of nitrogens with one attached hydrogen (secondary N) is 4. The minimum Gasteiger partial charge on any atom is -0.481 e. The lowest BCUT2D eigenvalue weighted by atomic mass is 9.97. The monoisotopic (exact) mass is 1090 g/mol. The molecule has 0 aliphatic heterocycles. The van der Waals surface area contributed by atoms with Gasteiger partial charge in [0.1, 0.15) is 36.9 Å². The molecule has 0 aliphatic rings. The van der Waals surface area contributed by atoms with Crippen LogP contribution in [0, 0.1) is 11.8 Å². The van der Waals surface area contributed by atoms with E-state index in [4.69, 9.17) is 24.1 Å². The van der Waals surface area contributed by atoms with E-state index >= 15 is 0 Å². The van der Waals surface area contributed by atoms with Crippen molar-refractivity contribution in [1.29, 1.82) is 0 Å². The van der Waals surface area contributed by atoms with Gasteiger partial charge in [-0.25, -0.2) is 9.59 Å². The summed E-state index contributed by atoms with van der Waals surface area (Å²) in [6, 6.07) is -2.51. The maximum Gasteiger partial charge on any atom is 0.326 e. The third-order valence-electron chi connectivity index (χ3n) is 12.4. The summed E-state index contributed by atoms with van der Waals surface area (Å²) in [5, 5.41) is 47.4. The number of carbonyl (C=O) groups excluding carboxylic acids is 7. The zero-order chi connectivity index (χ0) is 56.8. The standard InChI is InChI=1S/C53H90N4O19/c1-39(40(2)58)18-15-16-28-54-46(61)27-25-45(53(71)72)57-48(63)26-22-41(51(67)68)36-43(60)37-75-34-33-74-31-29-55-49(64)38-76-35-32-73-30-17-19-42(59)23-24-44(52(69)70)56-47(62)20-13-11-9-7-5-3-4-6-8-10-12-14-21-50(65)66/h39,41,44-45H,3-38H2,1-2H3,(H,54,61)(H,55,64)(H,56,62)(H,57,63)(H,65,66)(H,67,68)(H,69,70)(H,71,72)/t39-,41+,44-,45-/m0/s1. The summed E-state index contributed by atoms with van der Waals surface area (Å²) in [5.41, 5.74) is 0. The topological polar surface area (TPSA) is 354 Å². The highest BCUT2D eigenvalue weighted by molar-refractivity contribution is 5.87. The van der Waals surface area contributed by atoms with Crippen molar-refractivity contribution < 1.29 is 92.1 Å². The van der Waals surface area contributed by atoms with Crippen molar-refractivity contribution in [2.24, 2.45) is 11.8 Å². The highest BCUT2D eigenvalue weighted by Crippen LogP contribution is 2.15. The molecule has 0 saturated heterocycles. The lowest BCUT2D eigenvalue weighted by molar-refractivity contribution is -0.145. The van der Waals surface area contributed by atoms with Crippen LogP contribution < -0.4 is 21.3 Å². The van der Waals surface area contributed by atoms with Gasteiger partial charge in [0.2, 0.25) is 23.6 Å². The van der Waals surface area contributed by atoms with Gasteiger partial charge in [0.05, 0.1) is 39.0 Å². The quantitative estimate of drug-likeness (QED) is 0.0382. The van der Waals surface area contributed by atoms with E-state index in [-0.39, 0.29) is 134 Å². The van der Waals surface area contributed by atoms with Crippen LogP contribution in [0.4, 0.5) is 0 Å². The molecule has 8 N–H and O–H groups in total. The summed E-state index contributed by atoms with van der Waals surface area (Å²) in [7, 11) is 0. The van der Waals surface area contributed by atoms with E-state index in [0.29, 0.717) is 32.2 Å². The van der Waals surface area contributed by atoms with Gasteiger partial charge in [-0.15, -0.1) is 0 Å². The number of amides is 4. The molecular formula is C53H90N4O19. The van der Waals surface area contributed by atoms with E-state index in [9.17, 15) is 68.1 Å². The fraction of sp³-hybridized carbons (Fsp3) is 0.792. The van der Waals surface area contributed by atoms with Gasteiger partial charge in [-0.1, -0.05) is 77.6 Å². The van der Waals surface area contributed by atoms with Gasteiger partial charge < -0.3 is 60.6 Å². The Bertz CT molecular complexity index is 1730. The minimum atomic E-state index is -1.37. The lowest BCUT2D eigenvalue weighted by Crippen LogP contribution is -2.42. The molecule has 23 nitrogen and oxygen atoms in total. The Kier molecular flexibility index (Phi) is 43.5. The summed E-state index contributed by atoms with van der Waals surface area (Å²) in [6.07, 6.45) is 13.9. The third kappa shape index (κ3) is 43.8. The second-order valence-electron chi connectivity index (χ2n) is 19.1. The van der Waals surface area contributed by atoms with Gasteiger partial charge in [-0.3, -0.25) is 43.2 Å². The van der Waals surface area contributed by atoms with Crippen LogP contribution in [0.3, 0.4) is 0 Å². The number of aliphatic carboxylic acids is 4. The van der Waals surface area contributed by atoms with Gasteiger partial charge in [-0.05, 0) is 58.3 Å².